The van der Waals surface area contributed by atoms with Crippen LogP contribution in [0.15, 0.2) is 123 Å². The zero-order chi connectivity index (χ0) is 43.8. The Morgan fingerprint density at radius 1 is 0.581 bits per heavy atom. The molecule has 0 spiro atoms. The standard InChI is InChI=1S/C20H14ClN7.C14H10ClN7.C6H6BClO2.I2/c21-15-6-2-1-5-14(15)16-13(8-12-4-3-7-23-19(12)27-16)9-28-11-26-17-18(22)24-10-25-20(17)28;15-11-9(4-8-2-1-3-17-13(8)21-11)5-22-7-20-10-12(16)18-6-19-14(10)22;8-6-4-2-1-3-5(6)7(9)10;1-2/h1-8,10-11H,9H2,(H2,22,24,25);1-4,6-7H,5H2,(H2,16,18,19);1-4,9-10H;. The number of hydrogen-bond acceptors (Lipinski definition) is 14. The predicted molar refractivity (Wildman–Crippen MR) is 262 cm³/mol. The summed E-state index contributed by atoms with van der Waals surface area (Å²) in [5.41, 5.74) is 19.3. The largest absolute Gasteiger partial charge is 0.489 e. The van der Waals surface area contributed by atoms with Crippen LogP contribution >= 0.6 is 72.0 Å². The van der Waals surface area contributed by atoms with Crippen LogP contribution in [0.3, 0.4) is 0 Å². The minimum atomic E-state index is -1.48. The molecule has 0 aliphatic heterocycles. The van der Waals surface area contributed by atoms with Crippen molar-refractivity contribution < 1.29 is 10.0 Å². The van der Waals surface area contributed by atoms with Gasteiger partial charge in [0.15, 0.2) is 34.2 Å². The second kappa shape index (κ2) is 20.6. The minimum absolute atomic E-state index is 0.337. The summed E-state index contributed by atoms with van der Waals surface area (Å²) in [6.45, 7) is 0.995. The Labute approximate surface area is 391 Å². The Kier molecular flexibility index (Phi) is 14.8. The number of aromatic nitrogens is 12. The van der Waals surface area contributed by atoms with Crippen molar-refractivity contribution in [2.45, 2.75) is 13.1 Å². The Bertz CT molecular complexity index is 3160. The van der Waals surface area contributed by atoms with Crippen molar-refractivity contribution in [3.63, 3.8) is 0 Å². The molecule has 0 fully saturated rings. The van der Waals surface area contributed by atoms with Crippen molar-refractivity contribution in [3.05, 3.63) is 149 Å². The Hall–Kier alpha value is -5.43. The minimum Gasteiger partial charge on any atom is -0.423 e. The van der Waals surface area contributed by atoms with E-state index in [-0.39, 0.29) is 0 Å². The van der Waals surface area contributed by atoms with E-state index in [4.69, 9.17) is 61.3 Å². The van der Waals surface area contributed by atoms with Gasteiger partial charge in [-0.05, 0) is 54.1 Å². The summed E-state index contributed by atoms with van der Waals surface area (Å²) in [7, 11) is -1.48. The van der Waals surface area contributed by atoms with Crippen LogP contribution in [-0.2, 0) is 13.1 Å². The van der Waals surface area contributed by atoms with Crippen LogP contribution in [0.4, 0.5) is 11.6 Å². The summed E-state index contributed by atoms with van der Waals surface area (Å²) >= 11 is 22.6. The van der Waals surface area contributed by atoms with E-state index >= 15 is 0 Å². The van der Waals surface area contributed by atoms with Gasteiger partial charge in [-0.1, -0.05) is 71.2 Å². The third kappa shape index (κ3) is 10.1. The van der Waals surface area contributed by atoms with E-state index in [9.17, 15) is 0 Å². The summed E-state index contributed by atoms with van der Waals surface area (Å²) in [5, 5.41) is 20.7. The van der Waals surface area contributed by atoms with Gasteiger partial charge < -0.3 is 30.6 Å². The summed E-state index contributed by atoms with van der Waals surface area (Å²) in [4.78, 5) is 42.8. The average Bonchev–Trinajstić information content (AvgIpc) is 3.90. The fraction of sp³-hybridized carbons (Fsp3) is 0.0500. The van der Waals surface area contributed by atoms with Crippen LogP contribution in [-0.4, -0.2) is 76.1 Å². The molecule has 10 aromatic rings. The quantitative estimate of drug-likeness (QED) is 0.0715. The molecule has 10 rings (SSSR count). The number of fused-ring (bicyclic) bond motifs is 4. The number of imidazole rings is 2. The highest BCUT2D eigenvalue weighted by atomic mass is 128. The lowest BCUT2D eigenvalue weighted by molar-refractivity contribution is 0.426. The number of nitrogens with zero attached hydrogens (tertiary/aromatic N) is 12. The fourth-order valence-corrected chi connectivity index (χ4v) is 6.93. The normalized spacial score (nSPS) is 10.8. The number of halogens is 5. The van der Waals surface area contributed by atoms with Crippen molar-refractivity contribution in [2.24, 2.45) is 0 Å². The van der Waals surface area contributed by atoms with E-state index in [1.165, 1.54) is 12.7 Å². The molecule has 6 N–H and O–H groups in total. The van der Waals surface area contributed by atoms with Gasteiger partial charge in [-0.2, -0.15) is 0 Å². The van der Waals surface area contributed by atoms with Gasteiger partial charge in [-0.3, -0.25) is 0 Å². The van der Waals surface area contributed by atoms with Crippen molar-refractivity contribution in [1.29, 1.82) is 0 Å². The monoisotopic (exact) mass is 1110 g/mol. The first kappa shape index (κ1) is 44.6. The maximum absolute atomic E-state index is 8.68. The van der Waals surface area contributed by atoms with E-state index < -0.39 is 7.12 Å². The molecule has 8 heterocycles. The Morgan fingerprint density at radius 3 is 1.65 bits per heavy atom. The predicted octanol–water partition coefficient (Wildman–Crippen LogP) is 7.57. The molecular weight excluding hydrogens is 1080 g/mol. The van der Waals surface area contributed by atoms with Crippen LogP contribution in [0.25, 0.3) is 55.7 Å². The number of benzene rings is 2. The molecule has 0 saturated carbocycles. The van der Waals surface area contributed by atoms with Gasteiger partial charge in [0.25, 0.3) is 0 Å². The van der Waals surface area contributed by atoms with Gasteiger partial charge in [0, 0.05) is 87.0 Å². The van der Waals surface area contributed by atoms with Crippen molar-refractivity contribution in [2.75, 3.05) is 11.5 Å². The summed E-state index contributed by atoms with van der Waals surface area (Å²) in [5.74, 6) is 0.714. The average molecular weight is 1110 g/mol. The molecule has 0 atom stereocenters. The van der Waals surface area contributed by atoms with Gasteiger partial charge in [0.05, 0.1) is 31.4 Å². The molecule has 0 saturated heterocycles. The third-order valence-electron chi connectivity index (χ3n) is 9.14. The lowest BCUT2D eigenvalue weighted by atomic mass is 9.80. The van der Waals surface area contributed by atoms with E-state index in [0.717, 1.165) is 33.2 Å². The molecule has 0 bridgehead atoms. The molecule has 0 radical (unpaired) electrons. The molecule has 310 valence electrons. The zero-order valence-corrected chi connectivity index (χ0v) is 38.4. The molecule has 0 aliphatic rings. The number of hydrogen-bond donors (Lipinski definition) is 4. The topological polar surface area (TPSA) is 231 Å². The molecule has 2 aromatic carbocycles. The van der Waals surface area contributed by atoms with E-state index in [0.29, 0.717) is 79.0 Å². The number of nitrogen functional groups attached to an aromatic ring is 2. The second-order valence-electron chi connectivity index (χ2n) is 13.0. The van der Waals surface area contributed by atoms with Crippen LogP contribution in [0.2, 0.25) is 15.2 Å². The fourth-order valence-electron chi connectivity index (χ4n) is 6.28. The lowest BCUT2D eigenvalue weighted by Gasteiger charge is -2.13. The maximum Gasteiger partial charge on any atom is 0.489 e. The van der Waals surface area contributed by atoms with Gasteiger partial charge in [0.2, 0.25) is 0 Å². The SMILES string of the molecule is II.Nc1ncnc2c1ncn2Cc1cc2cccnc2nc1-c1ccccc1Cl.Nc1ncnc2c1ncn2Cc1cc2cccnc2nc1Cl.OB(O)c1ccccc1Cl. The molecule has 0 unspecified atom stereocenters. The van der Waals surface area contributed by atoms with Crippen LogP contribution in [0, 0.1) is 0 Å². The number of rotatable bonds is 6. The molecule has 0 aliphatic carbocycles. The van der Waals surface area contributed by atoms with Gasteiger partial charge in [-0.25, -0.2) is 49.8 Å². The Morgan fingerprint density at radius 2 is 1.10 bits per heavy atom. The first-order chi connectivity index (χ1) is 30.1. The first-order valence-electron chi connectivity index (χ1n) is 18.1. The lowest BCUT2D eigenvalue weighted by Crippen LogP contribution is -2.30. The van der Waals surface area contributed by atoms with E-state index in [2.05, 4.69) is 88.2 Å². The summed E-state index contributed by atoms with van der Waals surface area (Å²) < 4.78 is 3.78. The van der Waals surface area contributed by atoms with Crippen molar-refractivity contribution in [1.82, 2.24) is 59.0 Å². The second-order valence-corrected chi connectivity index (χ2v) is 14.2. The highest BCUT2D eigenvalue weighted by molar-refractivity contribution is 15.0. The zero-order valence-electron chi connectivity index (χ0n) is 31.8. The number of pyridine rings is 4. The molecule has 22 heteroatoms. The highest BCUT2D eigenvalue weighted by Gasteiger charge is 2.17. The molecular formula is C40H30BCl3I2N14O2. The van der Waals surface area contributed by atoms with E-state index in [1.54, 1.807) is 49.3 Å². The van der Waals surface area contributed by atoms with Crippen LogP contribution in [0.1, 0.15) is 11.1 Å². The number of nitrogens with two attached hydrogens (primary N) is 2. The smallest absolute Gasteiger partial charge is 0.423 e. The van der Waals surface area contributed by atoms with Crippen LogP contribution < -0.4 is 16.9 Å². The first-order valence-corrected chi connectivity index (χ1v) is 25.5. The van der Waals surface area contributed by atoms with E-state index in [1.807, 2.05) is 63.7 Å². The molecule has 8 aromatic heterocycles. The van der Waals surface area contributed by atoms with Crippen molar-refractivity contribution >= 4 is 141 Å². The van der Waals surface area contributed by atoms with Crippen molar-refractivity contribution in [3.8, 4) is 11.3 Å². The summed E-state index contributed by atoms with van der Waals surface area (Å²) in [6.07, 6.45) is 9.65. The number of anilines is 2. The Balaban J connectivity index is 0.000000151. The van der Waals surface area contributed by atoms with Gasteiger partial charge in [0.1, 0.15) is 28.8 Å². The molecule has 16 nitrogen and oxygen atoms in total. The maximum atomic E-state index is 8.68. The summed E-state index contributed by atoms with van der Waals surface area (Å²) in [6, 6.07) is 26.0. The molecule has 0 amide bonds. The highest BCUT2D eigenvalue weighted by Crippen LogP contribution is 2.32. The van der Waals surface area contributed by atoms with Crippen LogP contribution in [0.5, 0.6) is 0 Å². The third-order valence-corrected chi connectivity index (χ3v) is 10.1. The van der Waals surface area contributed by atoms with Gasteiger partial charge in [-0.15, -0.1) is 0 Å². The van der Waals surface area contributed by atoms with Gasteiger partial charge >= 0.3 is 7.12 Å². The molecule has 62 heavy (non-hydrogen) atoms.